The summed E-state index contributed by atoms with van der Waals surface area (Å²) in [5, 5.41) is 10.5. The quantitative estimate of drug-likeness (QED) is 0.478. The molecule has 0 radical (unpaired) electrons. The highest BCUT2D eigenvalue weighted by Crippen LogP contribution is 2.83. The van der Waals surface area contributed by atoms with Gasteiger partial charge in [-0.3, -0.25) is 10.1 Å². The molecular formula is C8H7NO2S. The zero-order valence-electron chi connectivity index (χ0n) is 6.48. The van der Waals surface area contributed by atoms with Crippen LogP contribution < -0.4 is 0 Å². The predicted molar refractivity (Wildman–Crippen MR) is 46.4 cm³/mol. The van der Waals surface area contributed by atoms with E-state index in [4.69, 9.17) is 0 Å². The Morgan fingerprint density at radius 2 is 2.33 bits per heavy atom. The fourth-order valence-corrected chi connectivity index (χ4v) is 3.53. The minimum Gasteiger partial charge on any atom is -0.258 e. The van der Waals surface area contributed by atoms with Crippen molar-refractivity contribution < 1.29 is 4.92 Å². The van der Waals surface area contributed by atoms with Crippen LogP contribution in [0.5, 0.6) is 0 Å². The Morgan fingerprint density at radius 3 is 2.75 bits per heavy atom. The molecule has 2 atom stereocenters. The van der Waals surface area contributed by atoms with Gasteiger partial charge in [-0.2, -0.15) is 11.8 Å². The maximum atomic E-state index is 10.5. The molecule has 2 saturated carbocycles. The van der Waals surface area contributed by atoms with Gasteiger partial charge in [0.2, 0.25) is 0 Å². The van der Waals surface area contributed by atoms with Crippen molar-refractivity contribution in [3.05, 3.63) is 33.5 Å². The van der Waals surface area contributed by atoms with Crippen molar-refractivity contribution in [1.29, 1.82) is 0 Å². The molecule has 3 aliphatic rings. The van der Waals surface area contributed by atoms with Crippen molar-refractivity contribution in [3.8, 4) is 0 Å². The van der Waals surface area contributed by atoms with Crippen LogP contribution in [0.15, 0.2) is 23.4 Å². The van der Waals surface area contributed by atoms with E-state index in [-0.39, 0.29) is 9.67 Å². The van der Waals surface area contributed by atoms with Crippen LogP contribution in [0.3, 0.4) is 0 Å². The molecule has 0 N–H and O–H groups in total. The Morgan fingerprint density at radius 1 is 1.67 bits per heavy atom. The lowest BCUT2D eigenvalue weighted by molar-refractivity contribution is -0.420. The number of nitro groups is 1. The molecule has 62 valence electrons. The first kappa shape index (κ1) is 6.71. The predicted octanol–water partition coefficient (Wildman–Crippen LogP) is 1.45. The maximum Gasteiger partial charge on any atom is 0.269 e. The van der Waals surface area contributed by atoms with Crippen molar-refractivity contribution in [3.63, 3.8) is 0 Å². The van der Waals surface area contributed by atoms with Crippen LogP contribution in [0.2, 0.25) is 0 Å². The van der Waals surface area contributed by atoms with Crippen LogP contribution in [0.25, 0.3) is 0 Å². The smallest absolute Gasteiger partial charge is 0.258 e. The van der Waals surface area contributed by atoms with Gasteiger partial charge in [0, 0.05) is 28.2 Å². The lowest BCUT2D eigenvalue weighted by atomic mass is 10.0. The molecule has 0 bridgehead atoms. The standard InChI is InChI=1S/C8H7NO2S/c1-12-8-3-2-4(9(10)11)5-6(8)7(5)8/h2-3,6-7H,1H3. The van der Waals surface area contributed by atoms with E-state index in [0.29, 0.717) is 17.5 Å². The molecule has 3 aliphatic carbocycles. The first-order chi connectivity index (χ1) is 5.72. The van der Waals surface area contributed by atoms with Gasteiger partial charge < -0.3 is 0 Å². The van der Waals surface area contributed by atoms with Gasteiger partial charge in [-0.05, 0) is 6.26 Å². The highest BCUT2D eigenvalue weighted by Gasteiger charge is 2.83. The van der Waals surface area contributed by atoms with E-state index in [9.17, 15) is 10.1 Å². The number of rotatable bonds is 2. The Balaban J connectivity index is 1.99. The SMILES string of the molecule is CSC12C=CC([N+](=O)[O-])=C3C1C32. The average molecular weight is 181 g/mol. The Bertz CT molecular complexity index is 346. The van der Waals surface area contributed by atoms with Crippen molar-refractivity contribution in [1.82, 2.24) is 0 Å². The van der Waals surface area contributed by atoms with E-state index in [0.717, 1.165) is 5.57 Å². The molecule has 0 aromatic carbocycles. The molecule has 0 saturated heterocycles. The molecule has 0 aliphatic heterocycles. The van der Waals surface area contributed by atoms with E-state index < -0.39 is 0 Å². The second-order valence-electron chi connectivity index (χ2n) is 3.44. The zero-order chi connectivity index (χ0) is 8.51. The van der Waals surface area contributed by atoms with Crippen LogP contribution in [0, 0.1) is 22.0 Å². The molecule has 3 rings (SSSR count). The number of hydrogen-bond donors (Lipinski definition) is 0. The van der Waals surface area contributed by atoms with Gasteiger partial charge in [-0.25, -0.2) is 0 Å². The number of nitrogens with zero attached hydrogens (tertiary/aromatic N) is 1. The Labute approximate surface area is 73.7 Å². The van der Waals surface area contributed by atoms with Gasteiger partial charge in [0.25, 0.3) is 5.70 Å². The van der Waals surface area contributed by atoms with Gasteiger partial charge in [0.15, 0.2) is 0 Å². The van der Waals surface area contributed by atoms with E-state index in [1.807, 2.05) is 17.8 Å². The number of allylic oxidation sites excluding steroid dienone is 2. The maximum absolute atomic E-state index is 10.5. The fraction of sp³-hybridized carbons (Fsp3) is 0.500. The largest absolute Gasteiger partial charge is 0.269 e. The summed E-state index contributed by atoms with van der Waals surface area (Å²) in [6.45, 7) is 0. The van der Waals surface area contributed by atoms with Gasteiger partial charge in [0.1, 0.15) is 0 Å². The summed E-state index contributed by atoms with van der Waals surface area (Å²) in [5.74, 6) is 1.05. The minimum atomic E-state index is -0.262. The normalized spacial score (nSPS) is 45.8. The number of thioether (sulfide) groups is 1. The van der Waals surface area contributed by atoms with Gasteiger partial charge in [-0.1, -0.05) is 6.08 Å². The Kier molecular flexibility index (Phi) is 0.904. The summed E-state index contributed by atoms with van der Waals surface area (Å²) in [5.41, 5.74) is 1.46. The van der Waals surface area contributed by atoms with Crippen LogP contribution in [-0.2, 0) is 0 Å². The monoisotopic (exact) mass is 181 g/mol. The first-order valence-electron chi connectivity index (χ1n) is 3.85. The van der Waals surface area contributed by atoms with Gasteiger partial charge in [-0.15, -0.1) is 0 Å². The molecule has 2 unspecified atom stereocenters. The number of fused-ring (bicyclic) bond motifs is 2. The third-order valence-corrected chi connectivity index (χ3v) is 4.46. The van der Waals surface area contributed by atoms with Crippen LogP contribution >= 0.6 is 11.8 Å². The van der Waals surface area contributed by atoms with E-state index in [1.165, 1.54) is 0 Å². The topological polar surface area (TPSA) is 43.1 Å². The molecule has 0 amide bonds. The molecule has 0 heterocycles. The second-order valence-corrected chi connectivity index (χ2v) is 4.56. The van der Waals surface area contributed by atoms with Crippen molar-refractivity contribution >= 4 is 11.8 Å². The van der Waals surface area contributed by atoms with Crippen LogP contribution in [-0.4, -0.2) is 15.9 Å². The summed E-state index contributed by atoms with van der Waals surface area (Å²) in [6.07, 6.45) is 5.76. The summed E-state index contributed by atoms with van der Waals surface area (Å²) >= 11 is 1.82. The summed E-state index contributed by atoms with van der Waals surface area (Å²) in [6, 6.07) is 0. The third kappa shape index (κ3) is 0.476. The molecule has 4 heteroatoms. The molecule has 0 aromatic heterocycles. The highest BCUT2D eigenvalue weighted by atomic mass is 32.2. The highest BCUT2D eigenvalue weighted by molar-refractivity contribution is 8.00. The average Bonchev–Trinajstić information content (AvgIpc) is 2.92. The molecule has 0 aromatic rings. The molecule has 12 heavy (non-hydrogen) atoms. The minimum absolute atomic E-state index is 0.262. The third-order valence-electron chi connectivity index (χ3n) is 3.11. The summed E-state index contributed by atoms with van der Waals surface area (Å²) in [7, 11) is 0. The van der Waals surface area contributed by atoms with Crippen LogP contribution in [0.1, 0.15) is 0 Å². The van der Waals surface area contributed by atoms with E-state index in [2.05, 4.69) is 6.26 Å². The lowest BCUT2D eigenvalue weighted by Gasteiger charge is -2.19. The molecule has 2 fully saturated rings. The van der Waals surface area contributed by atoms with Crippen molar-refractivity contribution in [2.45, 2.75) is 4.75 Å². The lowest BCUT2D eigenvalue weighted by Crippen LogP contribution is -2.18. The van der Waals surface area contributed by atoms with E-state index >= 15 is 0 Å². The van der Waals surface area contributed by atoms with Gasteiger partial charge >= 0.3 is 0 Å². The molecule has 0 spiro atoms. The van der Waals surface area contributed by atoms with Crippen molar-refractivity contribution in [2.75, 3.05) is 6.26 Å². The summed E-state index contributed by atoms with van der Waals surface area (Å²) in [4.78, 5) is 10.2. The molecule has 3 nitrogen and oxygen atoms in total. The van der Waals surface area contributed by atoms with Gasteiger partial charge in [0.05, 0.1) is 4.92 Å². The van der Waals surface area contributed by atoms with E-state index in [1.54, 1.807) is 6.08 Å². The Hall–Kier alpha value is -0.770. The second kappa shape index (κ2) is 1.62. The first-order valence-corrected chi connectivity index (χ1v) is 5.07. The molecular weight excluding hydrogens is 174 g/mol. The van der Waals surface area contributed by atoms with Crippen LogP contribution in [0.4, 0.5) is 0 Å². The summed E-state index contributed by atoms with van der Waals surface area (Å²) < 4.78 is 0.287. The fourth-order valence-electron chi connectivity index (χ4n) is 2.36. The van der Waals surface area contributed by atoms with Crippen molar-refractivity contribution in [2.24, 2.45) is 11.8 Å². The number of hydrogen-bond acceptors (Lipinski definition) is 3. The zero-order valence-corrected chi connectivity index (χ0v) is 7.30.